The van der Waals surface area contributed by atoms with Crippen molar-refractivity contribution in [3.63, 3.8) is 0 Å². The van der Waals surface area contributed by atoms with Gasteiger partial charge in [-0.2, -0.15) is 0 Å². The zero-order valence-electron chi connectivity index (χ0n) is 10.3. The molecule has 0 bridgehead atoms. The molecule has 1 aromatic heterocycles. The Labute approximate surface area is 118 Å². The summed E-state index contributed by atoms with van der Waals surface area (Å²) in [6, 6.07) is 8.34. The van der Waals surface area contributed by atoms with Gasteiger partial charge in [-0.1, -0.05) is 12.1 Å². The van der Waals surface area contributed by atoms with Gasteiger partial charge in [0.25, 0.3) is 5.56 Å². The predicted molar refractivity (Wildman–Crippen MR) is 75.6 cm³/mol. The van der Waals surface area contributed by atoms with E-state index in [1.807, 2.05) is 6.92 Å². The molecule has 19 heavy (non-hydrogen) atoms. The molecule has 0 aliphatic rings. The lowest BCUT2D eigenvalue weighted by molar-refractivity contribution is 0.0696. The summed E-state index contributed by atoms with van der Waals surface area (Å²) < 4.78 is 2.06. The Morgan fingerprint density at radius 3 is 2.79 bits per heavy atom. The van der Waals surface area contributed by atoms with E-state index >= 15 is 0 Å². The van der Waals surface area contributed by atoms with Gasteiger partial charge in [0, 0.05) is 6.20 Å². The van der Waals surface area contributed by atoms with E-state index in [4.69, 9.17) is 5.11 Å². The number of rotatable bonds is 3. The normalized spacial score (nSPS) is 10.4. The maximum Gasteiger partial charge on any atom is 0.335 e. The van der Waals surface area contributed by atoms with Gasteiger partial charge in [0.05, 0.1) is 16.6 Å². The fourth-order valence-electron chi connectivity index (χ4n) is 1.86. The van der Waals surface area contributed by atoms with Crippen molar-refractivity contribution in [2.75, 3.05) is 0 Å². The van der Waals surface area contributed by atoms with E-state index in [0.29, 0.717) is 11.0 Å². The van der Waals surface area contributed by atoms with Crippen LogP contribution in [0.4, 0.5) is 0 Å². The summed E-state index contributed by atoms with van der Waals surface area (Å²) in [7, 11) is 0. The largest absolute Gasteiger partial charge is 0.478 e. The molecular weight excluding hydrogens is 310 g/mol. The van der Waals surface area contributed by atoms with E-state index in [1.54, 1.807) is 35.0 Å². The lowest BCUT2D eigenvalue weighted by Gasteiger charge is -2.08. The Balaban J connectivity index is 2.39. The monoisotopic (exact) mass is 321 g/mol. The Hall–Kier alpha value is -1.88. The van der Waals surface area contributed by atoms with Crippen LogP contribution in [0.5, 0.6) is 0 Å². The Kier molecular flexibility index (Phi) is 3.85. The minimum atomic E-state index is -0.973. The number of hydrogen-bond acceptors (Lipinski definition) is 2. The molecule has 0 amide bonds. The first kappa shape index (κ1) is 13.5. The van der Waals surface area contributed by atoms with Crippen LogP contribution in [0.2, 0.25) is 0 Å². The number of benzene rings is 1. The van der Waals surface area contributed by atoms with Gasteiger partial charge < -0.3 is 9.67 Å². The molecule has 5 heteroatoms. The van der Waals surface area contributed by atoms with Crippen molar-refractivity contribution in [2.24, 2.45) is 0 Å². The molecule has 1 N–H and O–H groups in total. The molecule has 0 atom stereocenters. The first-order valence-corrected chi connectivity index (χ1v) is 6.45. The minimum absolute atomic E-state index is 0.133. The first-order chi connectivity index (χ1) is 8.97. The van der Waals surface area contributed by atoms with Gasteiger partial charge in [0.1, 0.15) is 0 Å². The molecule has 0 saturated carbocycles. The molecule has 1 heterocycles. The van der Waals surface area contributed by atoms with Crippen LogP contribution in [-0.2, 0) is 6.54 Å². The zero-order chi connectivity index (χ0) is 14.0. The number of aromatic carboxylic acids is 1. The van der Waals surface area contributed by atoms with Crippen LogP contribution in [0.25, 0.3) is 0 Å². The molecule has 2 rings (SSSR count). The third-order valence-corrected chi connectivity index (χ3v) is 3.27. The SMILES string of the molecule is Cc1cc(Br)c(=O)n(Cc2cccc(C(=O)O)c2)c1. The molecule has 4 nitrogen and oxygen atoms in total. The summed E-state index contributed by atoms with van der Waals surface area (Å²) in [5.41, 5.74) is 1.82. The lowest BCUT2D eigenvalue weighted by Crippen LogP contribution is -2.21. The van der Waals surface area contributed by atoms with Crippen LogP contribution in [0.1, 0.15) is 21.5 Å². The summed E-state index contributed by atoms with van der Waals surface area (Å²) in [5.74, 6) is -0.973. The third kappa shape index (κ3) is 3.12. The summed E-state index contributed by atoms with van der Waals surface area (Å²) in [5, 5.41) is 8.94. The van der Waals surface area contributed by atoms with E-state index in [2.05, 4.69) is 15.9 Å². The molecule has 98 valence electrons. The highest BCUT2D eigenvalue weighted by Gasteiger charge is 2.06. The predicted octanol–water partition coefficient (Wildman–Crippen LogP) is 2.67. The van der Waals surface area contributed by atoms with Crippen molar-refractivity contribution >= 4 is 21.9 Å². The number of halogens is 1. The van der Waals surface area contributed by atoms with E-state index in [-0.39, 0.29) is 11.1 Å². The van der Waals surface area contributed by atoms with Crippen molar-refractivity contribution in [3.05, 3.63) is 68.0 Å². The number of pyridine rings is 1. The quantitative estimate of drug-likeness (QED) is 0.945. The van der Waals surface area contributed by atoms with Gasteiger partial charge in [-0.15, -0.1) is 0 Å². The molecule has 0 fully saturated rings. The van der Waals surface area contributed by atoms with Crippen molar-refractivity contribution in [1.82, 2.24) is 4.57 Å². The highest BCUT2D eigenvalue weighted by molar-refractivity contribution is 9.10. The van der Waals surface area contributed by atoms with E-state index in [9.17, 15) is 9.59 Å². The van der Waals surface area contributed by atoms with Crippen molar-refractivity contribution in [1.29, 1.82) is 0 Å². The van der Waals surface area contributed by atoms with Crippen molar-refractivity contribution in [2.45, 2.75) is 13.5 Å². The highest BCUT2D eigenvalue weighted by Crippen LogP contribution is 2.10. The fourth-order valence-corrected chi connectivity index (χ4v) is 2.45. The summed E-state index contributed by atoms with van der Waals surface area (Å²) in [6.07, 6.45) is 1.75. The highest BCUT2D eigenvalue weighted by atomic mass is 79.9. The van der Waals surface area contributed by atoms with Crippen LogP contribution >= 0.6 is 15.9 Å². The van der Waals surface area contributed by atoms with Crippen molar-refractivity contribution in [3.8, 4) is 0 Å². The molecule has 0 unspecified atom stereocenters. The van der Waals surface area contributed by atoms with Crippen LogP contribution in [0.3, 0.4) is 0 Å². The average Bonchev–Trinajstić information content (AvgIpc) is 2.35. The van der Waals surface area contributed by atoms with Crippen molar-refractivity contribution < 1.29 is 9.90 Å². The standard InChI is InChI=1S/C14H12BrNO3/c1-9-5-12(15)13(17)16(7-9)8-10-3-2-4-11(6-10)14(18)19/h2-7H,8H2,1H3,(H,18,19). The van der Waals surface area contributed by atoms with E-state index in [0.717, 1.165) is 11.1 Å². The van der Waals surface area contributed by atoms with Gasteiger partial charge >= 0.3 is 5.97 Å². The van der Waals surface area contributed by atoms with Crippen LogP contribution < -0.4 is 5.56 Å². The number of aromatic nitrogens is 1. The molecule has 2 aromatic rings. The molecule has 0 spiro atoms. The maximum atomic E-state index is 11.9. The smallest absolute Gasteiger partial charge is 0.335 e. The molecule has 0 radical (unpaired) electrons. The van der Waals surface area contributed by atoms with Gasteiger partial charge in [-0.25, -0.2) is 4.79 Å². The first-order valence-electron chi connectivity index (χ1n) is 5.66. The van der Waals surface area contributed by atoms with E-state index in [1.165, 1.54) is 6.07 Å². The number of carboxylic acids is 1. The Bertz CT molecular complexity index is 691. The minimum Gasteiger partial charge on any atom is -0.478 e. The maximum absolute atomic E-state index is 11.9. The van der Waals surface area contributed by atoms with Gasteiger partial charge in [-0.05, 0) is 52.2 Å². The van der Waals surface area contributed by atoms with E-state index < -0.39 is 5.97 Å². The van der Waals surface area contributed by atoms with Gasteiger partial charge in [0.15, 0.2) is 0 Å². The molecule has 1 aromatic carbocycles. The average molecular weight is 322 g/mol. The number of nitrogens with zero attached hydrogens (tertiary/aromatic N) is 1. The fraction of sp³-hybridized carbons (Fsp3) is 0.143. The lowest BCUT2D eigenvalue weighted by atomic mass is 10.1. The molecular formula is C14H12BrNO3. The molecule has 0 saturated heterocycles. The number of aryl methyl sites for hydroxylation is 1. The molecule has 0 aliphatic carbocycles. The Morgan fingerprint density at radius 1 is 1.37 bits per heavy atom. The summed E-state index contributed by atoms with van der Waals surface area (Å²) in [6.45, 7) is 2.24. The van der Waals surface area contributed by atoms with Gasteiger partial charge in [0.2, 0.25) is 0 Å². The van der Waals surface area contributed by atoms with Gasteiger partial charge in [-0.3, -0.25) is 4.79 Å². The second-order valence-corrected chi connectivity index (χ2v) is 5.16. The number of hydrogen-bond donors (Lipinski definition) is 1. The second kappa shape index (κ2) is 5.40. The number of carboxylic acid groups (broad SMARTS) is 1. The van der Waals surface area contributed by atoms with Crippen LogP contribution in [-0.4, -0.2) is 15.6 Å². The molecule has 0 aliphatic heterocycles. The Morgan fingerprint density at radius 2 is 2.11 bits per heavy atom. The number of carbonyl (C=O) groups is 1. The van der Waals surface area contributed by atoms with Crippen LogP contribution in [0, 0.1) is 6.92 Å². The summed E-state index contributed by atoms with van der Waals surface area (Å²) in [4.78, 5) is 22.8. The third-order valence-electron chi connectivity index (χ3n) is 2.71. The summed E-state index contributed by atoms with van der Waals surface area (Å²) >= 11 is 3.22. The topological polar surface area (TPSA) is 59.3 Å². The second-order valence-electron chi connectivity index (χ2n) is 4.30. The zero-order valence-corrected chi connectivity index (χ0v) is 11.8. The van der Waals surface area contributed by atoms with Crippen LogP contribution in [0.15, 0.2) is 45.8 Å².